The van der Waals surface area contributed by atoms with E-state index in [0.717, 1.165) is 12.0 Å². The highest BCUT2D eigenvalue weighted by atomic mass is 35.5. The van der Waals surface area contributed by atoms with Gasteiger partial charge in [-0.25, -0.2) is 0 Å². The fourth-order valence-corrected chi connectivity index (χ4v) is 2.25. The molecule has 5 heteroatoms. The summed E-state index contributed by atoms with van der Waals surface area (Å²) in [5.74, 6) is -0.202. The number of halogens is 2. The van der Waals surface area contributed by atoms with E-state index in [2.05, 4.69) is 5.32 Å². The van der Waals surface area contributed by atoms with Crippen molar-refractivity contribution in [3.63, 3.8) is 0 Å². The van der Waals surface area contributed by atoms with Gasteiger partial charge in [0.25, 0.3) is 0 Å². The van der Waals surface area contributed by atoms with Gasteiger partial charge < -0.3 is 10.1 Å². The number of rotatable bonds is 7. The van der Waals surface area contributed by atoms with E-state index in [9.17, 15) is 4.79 Å². The Hall–Kier alpha value is -0.770. The monoisotopic (exact) mass is 303 g/mol. The second-order valence-electron chi connectivity index (χ2n) is 4.15. The summed E-state index contributed by atoms with van der Waals surface area (Å²) in [6, 6.07) is 5.18. The van der Waals surface area contributed by atoms with E-state index in [0.29, 0.717) is 29.6 Å². The van der Waals surface area contributed by atoms with Crippen LogP contribution in [0.4, 0.5) is 0 Å². The lowest BCUT2D eigenvalue weighted by molar-refractivity contribution is -0.145. The molecule has 3 nitrogen and oxygen atoms in total. The molecule has 0 fully saturated rings. The highest BCUT2D eigenvalue weighted by Crippen LogP contribution is 2.21. The molecule has 1 atom stereocenters. The third-order valence-corrected chi connectivity index (χ3v) is 3.37. The van der Waals surface area contributed by atoms with Crippen molar-refractivity contribution in [2.24, 2.45) is 0 Å². The SMILES string of the molecule is CCOC(=O)C(CC)NCCc1ccc(Cl)cc1Cl. The van der Waals surface area contributed by atoms with Crippen LogP contribution in [0.1, 0.15) is 25.8 Å². The maximum Gasteiger partial charge on any atom is 0.323 e. The van der Waals surface area contributed by atoms with Crippen molar-refractivity contribution in [3.8, 4) is 0 Å². The molecule has 106 valence electrons. The van der Waals surface area contributed by atoms with Crippen molar-refractivity contribution < 1.29 is 9.53 Å². The molecule has 1 aromatic rings. The van der Waals surface area contributed by atoms with Crippen molar-refractivity contribution >= 4 is 29.2 Å². The Balaban J connectivity index is 2.46. The van der Waals surface area contributed by atoms with Gasteiger partial charge in [-0.15, -0.1) is 0 Å². The minimum absolute atomic E-state index is 0.202. The molecule has 0 spiro atoms. The quantitative estimate of drug-likeness (QED) is 0.784. The van der Waals surface area contributed by atoms with Crippen LogP contribution in [0, 0.1) is 0 Å². The second kappa shape index (κ2) is 8.41. The number of carbonyl (C=O) groups is 1. The first-order valence-electron chi connectivity index (χ1n) is 6.42. The smallest absolute Gasteiger partial charge is 0.323 e. The highest BCUT2D eigenvalue weighted by molar-refractivity contribution is 6.35. The van der Waals surface area contributed by atoms with E-state index in [4.69, 9.17) is 27.9 Å². The van der Waals surface area contributed by atoms with Gasteiger partial charge in [0.1, 0.15) is 6.04 Å². The van der Waals surface area contributed by atoms with E-state index in [-0.39, 0.29) is 12.0 Å². The van der Waals surface area contributed by atoms with Crippen molar-refractivity contribution in [1.29, 1.82) is 0 Å². The van der Waals surface area contributed by atoms with Gasteiger partial charge in [0.15, 0.2) is 0 Å². The van der Waals surface area contributed by atoms with E-state index >= 15 is 0 Å². The van der Waals surface area contributed by atoms with Crippen LogP contribution in [0.5, 0.6) is 0 Å². The molecule has 0 saturated carbocycles. The predicted octanol–water partition coefficient (Wildman–Crippen LogP) is 3.47. The summed E-state index contributed by atoms with van der Waals surface area (Å²) in [4.78, 5) is 11.6. The molecule has 0 aliphatic rings. The Morgan fingerprint density at radius 1 is 1.37 bits per heavy atom. The van der Waals surface area contributed by atoms with E-state index < -0.39 is 0 Å². The number of nitrogens with one attached hydrogen (secondary N) is 1. The van der Waals surface area contributed by atoms with Gasteiger partial charge in [-0.05, 0) is 37.5 Å². The fourth-order valence-electron chi connectivity index (χ4n) is 1.74. The summed E-state index contributed by atoms with van der Waals surface area (Å²) < 4.78 is 4.99. The van der Waals surface area contributed by atoms with Gasteiger partial charge in [0.2, 0.25) is 0 Å². The minimum atomic E-state index is -0.258. The second-order valence-corrected chi connectivity index (χ2v) is 5.00. The maximum absolute atomic E-state index is 11.6. The first kappa shape index (κ1) is 16.3. The molecular formula is C14H19Cl2NO2. The van der Waals surface area contributed by atoms with Crippen molar-refractivity contribution in [2.45, 2.75) is 32.7 Å². The molecule has 0 amide bonds. The molecule has 1 aromatic carbocycles. The lowest BCUT2D eigenvalue weighted by atomic mass is 10.1. The van der Waals surface area contributed by atoms with Crippen LogP contribution in [0.15, 0.2) is 18.2 Å². The zero-order valence-electron chi connectivity index (χ0n) is 11.2. The van der Waals surface area contributed by atoms with Crippen LogP contribution in [-0.2, 0) is 16.0 Å². The summed E-state index contributed by atoms with van der Waals surface area (Å²) in [5, 5.41) is 4.45. The normalized spacial score (nSPS) is 12.2. The average Bonchev–Trinajstić information content (AvgIpc) is 2.37. The Morgan fingerprint density at radius 3 is 2.68 bits per heavy atom. The number of hydrogen-bond donors (Lipinski definition) is 1. The van der Waals surface area contributed by atoms with Crippen LogP contribution in [0.2, 0.25) is 10.0 Å². The first-order valence-corrected chi connectivity index (χ1v) is 7.18. The molecule has 0 bridgehead atoms. The molecule has 1 unspecified atom stereocenters. The highest BCUT2D eigenvalue weighted by Gasteiger charge is 2.16. The molecule has 0 saturated heterocycles. The third-order valence-electron chi connectivity index (χ3n) is 2.78. The number of benzene rings is 1. The van der Waals surface area contributed by atoms with E-state index in [1.807, 2.05) is 19.1 Å². The number of esters is 1. The Bertz CT molecular complexity index is 424. The zero-order chi connectivity index (χ0) is 14.3. The largest absolute Gasteiger partial charge is 0.465 e. The third kappa shape index (κ3) is 5.39. The summed E-state index contributed by atoms with van der Waals surface area (Å²) >= 11 is 11.9. The lowest BCUT2D eigenvalue weighted by Crippen LogP contribution is -2.38. The summed E-state index contributed by atoms with van der Waals surface area (Å²) in [6.45, 7) is 4.82. The minimum Gasteiger partial charge on any atom is -0.465 e. The molecule has 0 aliphatic carbocycles. The molecule has 19 heavy (non-hydrogen) atoms. The Morgan fingerprint density at radius 2 is 2.11 bits per heavy atom. The molecule has 1 N–H and O–H groups in total. The number of hydrogen-bond acceptors (Lipinski definition) is 3. The summed E-state index contributed by atoms with van der Waals surface area (Å²) in [5.41, 5.74) is 1.01. The van der Waals surface area contributed by atoms with Gasteiger partial charge in [0.05, 0.1) is 6.61 Å². The topological polar surface area (TPSA) is 38.3 Å². The van der Waals surface area contributed by atoms with Gasteiger partial charge in [-0.3, -0.25) is 4.79 Å². The van der Waals surface area contributed by atoms with Gasteiger partial charge in [0, 0.05) is 16.6 Å². The molecule has 1 rings (SSSR count). The first-order chi connectivity index (χ1) is 9.08. The lowest BCUT2D eigenvalue weighted by Gasteiger charge is -2.15. The van der Waals surface area contributed by atoms with E-state index in [1.54, 1.807) is 13.0 Å². The standard InChI is InChI=1S/C14H19Cl2NO2/c1-3-13(14(18)19-4-2)17-8-7-10-5-6-11(15)9-12(10)16/h5-6,9,13,17H,3-4,7-8H2,1-2H3. The van der Waals surface area contributed by atoms with Crippen LogP contribution in [0.25, 0.3) is 0 Å². The molecule has 0 radical (unpaired) electrons. The van der Waals surface area contributed by atoms with Crippen LogP contribution >= 0.6 is 23.2 Å². The van der Waals surface area contributed by atoms with Crippen LogP contribution < -0.4 is 5.32 Å². The Kier molecular flexibility index (Phi) is 7.21. The predicted molar refractivity (Wildman–Crippen MR) is 78.9 cm³/mol. The molecular weight excluding hydrogens is 285 g/mol. The average molecular weight is 304 g/mol. The van der Waals surface area contributed by atoms with Crippen molar-refractivity contribution in [3.05, 3.63) is 33.8 Å². The Labute approximate surface area is 124 Å². The molecule has 0 aliphatic heterocycles. The van der Waals surface area contributed by atoms with Crippen molar-refractivity contribution in [1.82, 2.24) is 5.32 Å². The van der Waals surface area contributed by atoms with E-state index in [1.165, 1.54) is 0 Å². The van der Waals surface area contributed by atoms with Gasteiger partial charge in [-0.1, -0.05) is 36.2 Å². The summed E-state index contributed by atoms with van der Waals surface area (Å²) in [7, 11) is 0. The fraction of sp³-hybridized carbons (Fsp3) is 0.500. The van der Waals surface area contributed by atoms with Gasteiger partial charge in [-0.2, -0.15) is 0 Å². The van der Waals surface area contributed by atoms with Crippen molar-refractivity contribution in [2.75, 3.05) is 13.2 Å². The van der Waals surface area contributed by atoms with Gasteiger partial charge >= 0.3 is 5.97 Å². The van der Waals surface area contributed by atoms with Crippen LogP contribution in [0.3, 0.4) is 0 Å². The maximum atomic E-state index is 11.6. The number of ether oxygens (including phenoxy) is 1. The summed E-state index contributed by atoms with van der Waals surface area (Å²) in [6.07, 6.45) is 1.44. The number of carbonyl (C=O) groups excluding carboxylic acids is 1. The van der Waals surface area contributed by atoms with Crippen LogP contribution in [-0.4, -0.2) is 25.2 Å². The molecule has 0 aromatic heterocycles. The zero-order valence-corrected chi connectivity index (χ0v) is 12.7. The molecule has 0 heterocycles.